The topological polar surface area (TPSA) is 32.8 Å². The Kier molecular flexibility index (Phi) is 6.08. The first kappa shape index (κ1) is 20.0. The molecule has 1 aliphatic rings. The van der Waals surface area contributed by atoms with Crippen molar-refractivity contribution in [3.05, 3.63) is 64.2 Å². The van der Waals surface area contributed by atoms with Crippen LogP contribution in [0.3, 0.4) is 0 Å². The Morgan fingerprint density at radius 1 is 0.964 bits per heavy atom. The number of ether oxygens (including phenoxy) is 1. The first-order chi connectivity index (χ1) is 13.4. The van der Waals surface area contributed by atoms with Gasteiger partial charge in [-0.25, -0.2) is 0 Å². The predicted molar refractivity (Wildman–Crippen MR) is 116 cm³/mol. The van der Waals surface area contributed by atoms with Crippen LogP contribution in [0.2, 0.25) is 0 Å². The van der Waals surface area contributed by atoms with Crippen LogP contribution in [0.15, 0.2) is 36.4 Å². The van der Waals surface area contributed by atoms with Crippen LogP contribution in [0.5, 0.6) is 5.75 Å². The summed E-state index contributed by atoms with van der Waals surface area (Å²) in [6.45, 7) is 11.6. The molecule has 2 aromatic rings. The van der Waals surface area contributed by atoms with Gasteiger partial charge >= 0.3 is 0 Å². The van der Waals surface area contributed by atoms with E-state index < -0.39 is 0 Å². The van der Waals surface area contributed by atoms with Gasteiger partial charge in [0.15, 0.2) is 0 Å². The Morgan fingerprint density at radius 3 is 2.21 bits per heavy atom. The minimum Gasteiger partial charge on any atom is -0.497 e. The summed E-state index contributed by atoms with van der Waals surface area (Å²) >= 11 is 0. The van der Waals surface area contributed by atoms with Crippen molar-refractivity contribution in [1.82, 2.24) is 4.90 Å². The molecule has 0 aliphatic carbocycles. The second-order valence-electron chi connectivity index (χ2n) is 7.54. The second-order valence-corrected chi connectivity index (χ2v) is 7.54. The summed E-state index contributed by atoms with van der Waals surface area (Å²) in [4.78, 5) is 17.0. The van der Waals surface area contributed by atoms with Crippen LogP contribution in [-0.2, 0) is 4.79 Å². The van der Waals surface area contributed by atoms with Gasteiger partial charge in [0.25, 0.3) is 0 Å². The van der Waals surface area contributed by atoms with Gasteiger partial charge < -0.3 is 14.5 Å². The average molecular weight is 379 g/mol. The molecule has 1 aliphatic heterocycles. The lowest BCUT2D eigenvalue weighted by Crippen LogP contribution is -2.48. The van der Waals surface area contributed by atoms with Crippen LogP contribution in [0, 0.1) is 27.7 Å². The summed E-state index contributed by atoms with van der Waals surface area (Å²) in [5.41, 5.74) is 7.23. The summed E-state index contributed by atoms with van der Waals surface area (Å²) in [5, 5.41) is 0. The van der Waals surface area contributed by atoms with Gasteiger partial charge in [-0.1, -0.05) is 12.1 Å². The number of hydrogen-bond acceptors (Lipinski definition) is 3. The fourth-order valence-corrected chi connectivity index (χ4v) is 3.82. The molecule has 1 heterocycles. The zero-order valence-corrected chi connectivity index (χ0v) is 17.6. The largest absolute Gasteiger partial charge is 0.497 e. The molecule has 148 valence electrons. The lowest BCUT2D eigenvalue weighted by molar-refractivity contribution is -0.126. The molecule has 0 bridgehead atoms. The zero-order valence-electron chi connectivity index (χ0n) is 17.6. The molecule has 1 saturated heterocycles. The number of piperazine rings is 1. The highest BCUT2D eigenvalue weighted by Crippen LogP contribution is 2.25. The maximum absolute atomic E-state index is 12.7. The van der Waals surface area contributed by atoms with Gasteiger partial charge in [-0.3, -0.25) is 4.79 Å². The lowest BCUT2D eigenvalue weighted by Gasteiger charge is -2.36. The summed E-state index contributed by atoms with van der Waals surface area (Å²) < 4.78 is 5.31. The highest BCUT2D eigenvalue weighted by Gasteiger charge is 2.21. The predicted octanol–water partition coefficient (Wildman–Crippen LogP) is 4.29. The van der Waals surface area contributed by atoms with Crippen molar-refractivity contribution in [2.45, 2.75) is 27.7 Å². The van der Waals surface area contributed by atoms with E-state index in [-0.39, 0.29) is 5.91 Å². The van der Waals surface area contributed by atoms with Crippen molar-refractivity contribution < 1.29 is 9.53 Å². The van der Waals surface area contributed by atoms with Gasteiger partial charge in [-0.2, -0.15) is 0 Å². The first-order valence-corrected chi connectivity index (χ1v) is 9.84. The number of rotatable bonds is 4. The minimum atomic E-state index is 0.0789. The van der Waals surface area contributed by atoms with E-state index >= 15 is 0 Å². The summed E-state index contributed by atoms with van der Waals surface area (Å²) in [6, 6.07) is 10.4. The smallest absolute Gasteiger partial charge is 0.246 e. The third-order valence-electron chi connectivity index (χ3n) is 5.70. The highest BCUT2D eigenvalue weighted by molar-refractivity contribution is 5.92. The van der Waals surface area contributed by atoms with Gasteiger partial charge in [0, 0.05) is 37.9 Å². The van der Waals surface area contributed by atoms with E-state index in [9.17, 15) is 4.79 Å². The molecule has 0 radical (unpaired) electrons. The maximum atomic E-state index is 12.7. The molecule has 0 saturated carbocycles. The molecule has 1 amide bonds. The van der Waals surface area contributed by atoms with E-state index in [1.807, 2.05) is 37.0 Å². The normalized spacial score (nSPS) is 14.6. The minimum absolute atomic E-state index is 0.0789. The fraction of sp³-hybridized carbons (Fsp3) is 0.375. The summed E-state index contributed by atoms with van der Waals surface area (Å²) in [5.74, 6) is 0.927. The quantitative estimate of drug-likeness (QED) is 0.744. The third-order valence-corrected chi connectivity index (χ3v) is 5.70. The fourth-order valence-electron chi connectivity index (χ4n) is 3.82. The number of carbonyl (C=O) groups is 1. The van der Waals surface area contributed by atoms with Crippen LogP contribution in [0.25, 0.3) is 6.08 Å². The van der Waals surface area contributed by atoms with Crippen molar-refractivity contribution in [3.63, 3.8) is 0 Å². The molecule has 2 aromatic carbocycles. The van der Waals surface area contributed by atoms with Crippen LogP contribution in [0.4, 0.5) is 5.69 Å². The zero-order chi connectivity index (χ0) is 20.3. The van der Waals surface area contributed by atoms with E-state index in [2.05, 4.69) is 36.9 Å². The second kappa shape index (κ2) is 8.51. The van der Waals surface area contributed by atoms with Crippen molar-refractivity contribution in [3.8, 4) is 5.75 Å². The molecule has 3 rings (SSSR count). The van der Waals surface area contributed by atoms with Crippen LogP contribution < -0.4 is 9.64 Å². The number of amides is 1. The van der Waals surface area contributed by atoms with Crippen LogP contribution in [0.1, 0.15) is 27.8 Å². The molecule has 0 atom stereocenters. The van der Waals surface area contributed by atoms with Gasteiger partial charge in [-0.05, 0) is 79.8 Å². The van der Waals surface area contributed by atoms with Crippen molar-refractivity contribution in [2.24, 2.45) is 0 Å². The molecule has 4 nitrogen and oxygen atoms in total. The number of methoxy groups -OCH3 is 1. The standard InChI is InChI=1S/C24H30N2O2/c1-17-7-6-8-23(20(17)4)25-11-13-26(14-12-25)24(27)10-9-22-18(2)15-21(28-5)16-19(22)3/h6-10,15-16H,11-14H2,1-5H3/b10-9+. The number of benzene rings is 2. The van der Waals surface area contributed by atoms with E-state index in [0.717, 1.165) is 48.6 Å². The van der Waals surface area contributed by atoms with Crippen molar-refractivity contribution in [1.29, 1.82) is 0 Å². The Bertz CT molecular complexity index is 870. The molecule has 0 spiro atoms. The number of nitrogens with zero attached hydrogens (tertiary/aromatic N) is 2. The first-order valence-electron chi connectivity index (χ1n) is 9.84. The number of anilines is 1. The molecule has 0 N–H and O–H groups in total. The third kappa shape index (κ3) is 4.22. The van der Waals surface area contributed by atoms with Gasteiger partial charge in [0.2, 0.25) is 5.91 Å². The van der Waals surface area contributed by atoms with E-state index in [0.29, 0.717) is 0 Å². The molecule has 28 heavy (non-hydrogen) atoms. The van der Waals surface area contributed by atoms with E-state index in [1.165, 1.54) is 16.8 Å². The number of aryl methyl sites for hydroxylation is 3. The number of carbonyl (C=O) groups excluding carboxylic acids is 1. The Morgan fingerprint density at radius 2 is 1.61 bits per heavy atom. The van der Waals surface area contributed by atoms with Gasteiger partial charge in [-0.15, -0.1) is 0 Å². The highest BCUT2D eigenvalue weighted by atomic mass is 16.5. The molecule has 0 unspecified atom stereocenters. The molecule has 1 fully saturated rings. The average Bonchev–Trinajstić information content (AvgIpc) is 2.69. The SMILES string of the molecule is COc1cc(C)c(/C=C/C(=O)N2CCN(c3cccc(C)c3C)CC2)c(C)c1. The molecule has 0 aromatic heterocycles. The molecular formula is C24H30N2O2. The summed E-state index contributed by atoms with van der Waals surface area (Å²) in [7, 11) is 1.67. The summed E-state index contributed by atoms with van der Waals surface area (Å²) in [6.07, 6.45) is 3.64. The lowest BCUT2D eigenvalue weighted by atomic mass is 10.0. The monoisotopic (exact) mass is 378 g/mol. The van der Waals surface area contributed by atoms with Gasteiger partial charge in [0.1, 0.15) is 5.75 Å². The van der Waals surface area contributed by atoms with Crippen LogP contribution >= 0.6 is 0 Å². The Labute approximate surface area is 168 Å². The van der Waals surface area contributed by atoms with E-state index in [4.69, 9.17) is 4.74 Å². The van der Waals surface area contributed by atoms with Gasteiger partial charge in [0.05, 0.1) is 7.11 Å². The van der Waals surface area contributed by atoms with Crippen LogP contribution in [-0.4, -0.2) is 44.1 Å². The maximum Gasteiger partial charge on any atom is 0.246 e. The van der Waals surface area contributed by atoms with Crippen molar-refractivity contribution >= 4 is 17.7 Å². The van der Waals surface area contributed by atoms with Crippen molar-refractivity contribution in [2.75, 3.05) is 38.2 Å². The number of hydrogen-bond donors (Lipinski definition) is 0. The Hall–Kier alpha value is -2.75. The molecular weight excluding hydrogens is 348 g/mol. The Balaban J connectivity index is 1.64. The van der Waals surface area contributed by atoms with E-state index in [1.54, 1.807) is 13.2 Å². The molecule has 4 heteroatoms.